The summed E-state index contributed by atoms with van der Waals surface area (Å²) in [7, 11) is 2.13. The van der Waals surface area contributed by atoms with E-state index in [4.69, 9.17) is 0 Å². The van der Waals surface area contributed by atoms with E-state index in [1.54, 1.807) is 0 Å². The van der Waals surface area contributed by atoms with Gasteiger partial charge in [-0.15, -0.1) is 0 Å². The van der Waals surface area contributed by atoms with Crippen molar-refractivity contribution in [2.45, 2.75) is 88.2 Å². The molecule has 0 amide bonds. The average molecular weight is 521 g/mol. The zero-order chi connectivity index (χ0) is 26.8. The van der Waals surface area contributed by atoms with Crippen LogP contribution in [-0.4, -0.2) is 70.9 Å². The topological polar surface area (TPSA) is 64.0 Å². The van der Waals surface area contributed by atoms with Crippen LogP contribution in [0.15, 0.2) is 60.7 Å². The lowest BCUT2D eigenvalue weighted by atomic mass is 9.83. The van der Waals surface area contributed by atoms with Crippen molar-refractivity contribution in [3.05, 3.63) is 71.8 Å². The third kappa shape index (κ3) is 8.39. The summed E-state index contributed by atoms with van der Waals surface area (Å²) >= 11 is 0. The van der Waals surface area contributed by atoms with E-state index < -0.39 is 11.6 Å². The summed E-state index contributed by atoms with van der Waals surface area (Å²) < 4.78 is 0. The highest BCUT2D eigenvalue weighted by atomic mass is 16.4. The zero-order valence-corrected chi connectivity index (χ0v) is 23.3. The molecule has 208 valence electrons. The van der Waals surface area contributed by atoms with Crippen molar-refractivity contribution in [3.63, 3.8) is 0 Å². The second-order valence-corrected chi connectivity index (χ2v) is 11.9. The van der Waals surface area contributed by atoms with E-state index in [1.165, 1.54) is 30.4 Å². The summed E-state index contributed by atoms with van der Waals surface area (Å²) in [6, 6.07) is 20.8. The molecule has 1 saturated carbocycles. The van der Waals surface area contributed by atoms with Crippen LogP contribution in [0.25, 0.3) is 0 Å². The molecular weight excluding hydrogens is 472 g/mol. The number of hydrogen-bond donors (Lipinski definition) is 2. The number of nitrogens with zero attached hydrogens (tertiary/aromatic N) is 2. The molecule has 2 N–H and O–H groups in total. The lowest BCUT2D eigenvalue weighted by Crippen LogP contribution is -2.45. The number of piperidine rings is 1. The van der Waals surface area contributed by atoms with Crippen molar-refractivity contribution in [1.29, 1.82) is 0 Å². The van der Waals surface area contributed by atoms with Gasteiger partial charge in [-0.05, 0) is 87.9 Å². The number of aliphatic hydroxyl groups is 1. The molecule has 2 saturated heterocycles. The van der Waals surface area contributed by atoms with Gasteiger partial charge >= 0.3 is 5.97 Å². The molecule has 0 aromatic heterocycles. The van der Waals surface area contributed by atoms with E-state index in [0.717, 1.165) is 77.5 Å². The van der Waals surface area contributed by atoms with Crippen molar-refractivity contribution in [1.82, 2.24) is 9.80 Å². The van der Waals surface area contributed by atoms with Crippen LogP contribution in [0.2, 0.25) is 0 Å². The highest BCUT2D eigenvalue weighted by Gasteiger charge is 2.38. The number of hydrogen-bond acceptors (Lipinski definition) is 4. The molecule has 1 aliphatic carbocycles. The van der Waals surface area contributed by atoms with E-state index in [2.05, 4.69) is 65.4 Å². The molecule has 2 aliphatic heterocycles. The highest BCUT2D eigenvalue weighted by Crippen LogP contribution is 2.34. The Labute approximate surface area is 229 Å². The molecular formula is C33H48N2O3. The van der Waals surface area contributed by atoms with Crippen molar-refractivity contribution in [2.75, 3.05) is 33.2 Å². The second kappa shape index (κ2) is 14.3. The maximum atomic E-state index is 11.8. The predicted octanol–water partition coefficient (Wildman–Crippen LogP) is 5.98. The standard InChI is InChI=1S/C18H25NO2.C15H23NO/c20-18(21)17(15-9-5-2-6-10-15)19-12-11-16(13-19)14-7-3-1-4-8-14;1-16-12-10-15(17,11-13-16)9-5-8-14-6-3-2-4-7-14/h1,3-4,7-8,15-17H,2,5-6,9-13H2,(H,20,21);2-4,6-7,17H,5,8-13H2,1H3/t16-,17-;/m1./s1. The molecule has 2 aromatic carbocycles. The fourth-order valence-electron chi connectivity index (χ4n) is 6.69. The van der Waals surface area contributed by atoms with Crippen LogP contribution in [0.4, 0.5) is 0 Å². The van der Waals surface area contributed by atoms with Crippen LogP contribution in [0.1, 0.15) is 81.3 Å². The molecule has 2 aromatic rings. The molecule has 2 heterocycles. The van der Waals surface area contributed by atoms with Gasteiger partial charge in [0, 0.05) is 19.6 Å². The Morgan fingerprint density at radius 3 is 2.18 bits per heavy atom. The Kier molecular flexibility index (Phi) is 10.8. The third-order valence-corrected chi connectivity index (χ3v) is 9.10. The van der Waals surface area contributed by atoms with Crippen molar-refractivity contribution in [3.8, 4) is 0 Å². The molecule has 38 heavy (non-hydrogen) atoms. The summed E-state index contributed by atoms with van der Waals surface area (Å²) in [5.41, 5.74) is 2.33. The molecule has 5 heteroatoms. The first-order valence-electron chi connectivity index (χ1n) is 14.9. The Balaban J connectivity index is 0.000000181. The monoisotopic (exact) mass is 520 g/mol. The number of carboxylic acid groups (broad SMARTS) is 1. The van der Waals surface area contributed by atoms with Gasteiger partial charge in [0.1, 0.15) is 6.04 Å². The zero-order valence-electron chi connectivity index (χ0n) is 23.3. The van der Waals surface area contributed by atoms with Crippen LogP contribution in [-0.2, 0) is 11.2 Å². The van der Waals surface area contributed by atoms with Gasteiger partial charge < -0.3 is 15.1 Å². The van der Waals surface area contributed by atoms with E-state index >= 15 is 0 Å². The van der Waals surface area contributed by atoms with Gasteiger partial charge in [0.25, 0.3) is 0 Å². The fraction of sp³-hybridized carbons (Fsp3) is 0.606. The fourth-order valence-corrected chi connectivity index (χ4v) is 6.69. The predicted molar refractivity (Wildman–Crippen MR) is 154 cm³/mol. The van der Waals surface area contributed by atoms with E-state index in [0.29, 0.717) is 11.8 Å². The number of benzene rings is 2. The molecule has 5 rings (SSSR count). The lowest BCUT2D eigenvalue weighted by Gasteiger charge is -2.36. The molecule has 3 aliphatic rings. The van der Waals surface area contributed by atoms with Gasteiger partial charge in [-0.25, -0.2) is 0 Å². The van der Waals surface area contributed by atoms with Gasteiger partial charge in [-0.1, -0.05) is 79.9 Å². The molecule has 0 spiro atoms. The Bertz CT molecular complexity index is 953. The minimum Gasteiger partial charge on any atom is -0.480 e. The first-order valence-corrected chi connectivity index (χ1v) is 14.9. The quantitative estimate of drug-likeness (QED) is 0.449. The number of carbonyl (C=O) groups is 1. The van der Waals surface area contributed by atoms with Crippen molar-refractivity contribution >= 4 is 5.97 Å². The summed E-state index contributed by atoms with van der Waals surface area (Å²) in [6.45, 7) is 3.88. The van der Waals surface area contributed by atoms with Gasteiger partial charge in [-0.3, -0.25) is 9.69 Å². The minimum absolute atomic E-state index is 0.265. The summed E-state index contributed by atoms with van der Waals surface area (Å²) in [6.07, 6.45) is 11.9. The molecule has 5 nitrogen and oxygen atoms in total. The van der Waals surface area contributed by atoms with E-state index in [1.807, 2.05) is 12.1 Å². The number of carboxylic acids is 1. The number of rotatable bonds is 8. The van der Waals surface area contributed by atoms with Gasteiger partial charge in [0.05, 0.1) is 5.60 Å². The van der Waals surface area contributed by atoms with Crippen LogP contribution < -0.4 is 0 Å². The summed E-state index contributed by atoms with van der Waals surface area (Å²) in [5, 5.41) is 20.1. The first kappa shape index (κ1) is 28.8. The van der Waals surface area contributed by atoms with E-state index in [-0.39, 0.29) is 6.04 Å². The summed E-state index contributed by atoms with van der Waals surface area (Å²) in [4.78, 5) is 16.3. The van der Waals surface area contributed by atoms with E-state index in [9.17, 15) is 15.0 Å². The Hall–Kier alpha value is -2.21. The van der Waals surface area contributed by atoms with Crippen LogP contribution in [0.3, 0.4) is 0 Å². The number of aliphatic carboxylic acids is 1. The maximum absolute atomic E-state index is 11.8. The Morgan fingerprint density at radius 2 is 1.55 bits per heavy atom. The minimum atomic E-state index is -0.615. The molecule has 0 unspecified atom stereocenters. The number of likely N-dealkylation sites (tertiary alicyclic amines) is 2. The Morgan fingerprint density at radius 1 is 0.921 bits per heavy atom. The van der Waals surface area contributed by atoms with Crippen LogP contribution >= 0.6 is 0 Å². The summed E-state index contributed by atoms with van der Waals surface area (Å²) in [5.74, 6) is 0.234. The first-order chi connectivity index (χ1) is 18.4. The maximum Gasteiger partial charge on any atom is 0.321 e. The van der Waals surface area contributed by atoms with Crippen molar-refractivity contribution in [2.24, 2.45) is 5.92 Å². The second-order valence-electron chi connectivity index (χ2n) is 11.9. The normalized spacial score (nSPS) is 23.4. The largest absolute Gasteiger partial charge is 0.480 e. The molecule has 2 atom stereocenters. The van der Waals surface area contributed by atoms with Crippen LogP contribution in [0, 0.1) is 5.92 Å². The lowest BCUT2D eigenvalue weighted by molar-refractivity contribution is -0.145. The third-order valence-electron chi connectivity index (χ3n) is 9.10. The average Bonchev–Trinajstić information content (AvgIpc) is 3.42. The SMILES string of the molecule is CN1CCC(O)(CCCc2ccccc2)CC1.O=C(O)[C@@H](C1CCCCC1)N1CC[C@@H](c2ccccc2)C1. The molecule has 0 bridgehead atoms. The highest BCUT2D eigenvalue weighted by molar-refractivity contribution is 5.74. The van der Waals surface area contributed by atoms with Gasteiger partial charge in [-0.2, -0.15) is 0 Å². The van der Waals surface area contributed by atoms with Gasteiger partial charge in [0.15, 0.2) is 0 Å². The molecule has 0 radical (unpaired) electrons. The number of aryl methyl sites for hydroxylation is 1. The molecule has 3 fully saturated rings. The van der Waals surface area contributed by atoms with Gasteiger partial charge in [0.2, 0.25) is 0 Å². The smallest absolute Gasteiger partial charge is 0.321 e. The van der Waals surface area contributed by atoms with Crippen molar-refractivity contribution < 1.29 is 15.0 Å². The van der Waals surface area contributed by atoms with Crippen LogP contribution in [0.5, 0.6) is 0 Å².